The molecule has 0 fully saturated rings. The molecule has 0 saturated carbocycles. The predicted molar refractivity (Wildman–Crippen MR) is 75.2 cm³/mol. The average Bonchev–Trinajstić information content (AvgIpc) is 2.82. The fourth-order valence-corrected chi connectivity index (χ4v) is 2.05. The Hall–Kier alpha value is -1.08. The second-order valence-electron chi connectivity index (χ2n) is 5.02. The molecule has 1 rings (SSSR count). The molecular formula is C14H24F3N3O. The van der Waals surface area contributed by atoms with Crippen molar-refractivity contribution in [3.05, 3.63) is 18.2 Å². The van der Waals surface area contributed by atoms with Crippen molar-refractivity contribution in [2.75, 3.05) is 19.8 Å². The number of aryl methyl sites for hydroxylation is 1. The van der Waals surface area contributed by atoms with E-state index in [1.165, 1.54) is 0 Å². The van der Waals surface area contributed by atoms with Crippen LogP contribution in [0.25, 0.3) is 0 Å². The Kier molecular flexibility index (Phi) is 7.74. The van der Waals surface area contributed by atoms with Gasteiger partial charge >= 0.3 is 6.18 Å². The van der Waals surface area contributed by atoms with Crippen LogP contribution in [0.3, 0.4) is 0 Å². The number of alkyl halides is 3. The monoisotopic (exact) mass is 307 g/mol. The Morgan fingerprint density at radius 3 is 2.71 bits per heavy atom. The van der Waals surface area contributed by atoms with Gasteiger partial charge in [-0.15, -0.1) is 0 Å². The van der Waals surface area contributed by atoms with Crippen LogP contribution in [0.15, 0.2) is 12.4 Å². The maximum absolute atomic E-state index is 12.1. The van der Waals surface area contributed by atoms with E-state index in [0.29, 0.717) is 6.42 Å². The Morgan fingerprint density at radius 2 is 2.10 bits per heavy atom. The molecule has 21 heavy (non-hydrogen) atoms. The molecule has 0 spiro atoms. The summed E-state index contributed by atoms with van der Waals surface area (Å²) in [5.74, 6) is 0.876. The zero-order valence-corrected chi connectivity index (χ0v) is 12.6. The number of imidazole rings is 1. The highest BCUT2D eigenvalue weighted by Crippen LogP contribution is 2.14. The summed E-state index contributed by atoms with van der Waals surface area (Å²) in [4.78, 5) is 4.28. The van der Waals surface area contributed by atoms with E-state index in [0.717, 1.165) is 31.8 Å². The zero-order chi connectivity index (χ0) is 15.7. The highest BCUT2D eigenvalue weighted by atomic mass is 19.4. The molecule has 0 aliphatic carbocycles. The number of halogens is 3. The van der Waals surface area contributed by atoms with Crippen LogP contribution in [0.5, 0.6) is 0 Å². The van der Waals surface area contributed by atoms with Gasteiger partial charge in [0.05, 0.1) is 6.61 Å². The maximum atomic E-state index is 12.1. The van der Waals surface area contributed by atoms with Crippen LogP contribution in [0, 0.1) is 0 Å². The molecule has 0 amide bonds. The Bertz CT molecular complexity index is 393. The number of aromatic nitrogens is 2. The Balaban J connectivity index is 2.54. The van der Waals surface area contributed by atoms with E-state index < -0.39 is 12.8 Å². The standard InChI is InChI=1S/C14H24F3N3O/c1-3-5-18-12(10-21-11-14(15,16)17)9-13-19-6-8-20(13)7-4-2/h6,8,12,18H,3-5,7,9-11H2,1-2H3. The summed E-state index contributed by atoms with van der Waals surface area (Å²) in [5, 5.41) is 3.22. The molecule has 4 nitrogen and oxygen atoms in total. The van der Waals surface area contributed by atoms with Gasteiger partial charge in [0.2, 0.25) is 0 Å². The third-order valence-corrected chi connectivity index (χ3v) is 2.96. The molecule has 0 saturated heterocycles. The summed E-state index contributed by atoms with van der Waals surface area (Å²) in [6.07, 6.45) is 1.80. The minimum Gasteiger partial charge on any atom is -0.370 e. The van der Waals surface area contributed by atoms with Gasteiger partial charge in [0.25, 0.3) is 0 Å². The van der Waals surface area contributed by atoms with Gasteiger partial charge in [0, 0.05) is 31.4 Å². The normalized spacial score (nSPS) is 13.6. The van der Waals surface area contributed by atoms with E-state index in [1.807, 2.05) is 17.7 Å². The zero-order valence-electron chi connectivity index (χ0n) is 12.6. The van der Waals surface area contributed by atoms with Gasteiger partial charge < -0.3 is 14.6 Å². The topological polar surface area (TPSA) is 39.1 Å². The smallest absolute Gasteiger partial charge is 0.370 e. The van der Waals surface area contributed by atoms with E-state index in [9.17, 15) is 13.2 Å². The summed E-state index contributed by atoms with van der Waals surface area (Å²) in [7, 11) is 0. The molecule has 0 aromatic carbocycles. The summed E-state index contributed by atoms with van der Waals surface area (Å²) >= 11 is 0. The van der Waals surface area contributed by atoms with Crippen molar-refractivity contribution in [3.8, 4) is 0 Å². The minimum absolute atomic E-state index is 0.0263. The van der Waals surface area contributed by atoms with Crippen molar-refractivity contribution in [1.29, 1.82) is 0 Å². The van der Waals surface area contributed by atoms with E-state index in [-0.39, 0.29) is 12.6 Å². The lowest BCUT2D eigenvalue weighted by molar-refractivity contribution is -0.175. The predicted octanol–water partition coefficient (Wildman–Crippen LogP) is 2.78. The van der Waals surface area contributed by atoms with E-state index in [2.05, 4.69) is 17.2 Å². The lowest BCUT2D eigenvalue weighted by Crippen LogP contribution is -2.37. The lowest BCUT2D eigenvalue weighted by Gasteiger charge is -2.19. The fraction of sp³-hybridized carbons (Fsp3) is 0.786. The molecule has 1 heterocycles. The third kappa shape index (κ3) is 7.47. The van der Waals surface area contributed by atoms with Crippen LogP contribution < -0.4 is 5.32 Å². The van der Waals surface area contributed by atoms with Crippen LogP contribution in [0.2, 0.25) is 0 Å². The largest absolute Gasteiger partial charge is 0.411 e. The number of hydrogen-bond acceptors (Lipinski definition) is 3. The first kappa shape index (κ1) is 18.0. The first-order valence-electron chi connectivity index (χ1n) is 7.34. The highest BCUT2D eigenvalue weighted by Gasteiger charge is 2.28. The van der Waals surface area contributed by atoms with Gasteiger partial charge in [0.15, 0.2) is 0 Å². The molecule has 1 atom stereocenters. The molecule has 7 heteroatoms. The summed E-state index contributed by atoms with van der Waals surface area (Å²) in [6, 6.07) is -0.162. The maximum Gasteiger partial charge on any atom is 0.411 e. The van der Waals surface area contributed by atoms with Gasteiger partial charge in [-0.05, 0) is 19.4 Å². The van der Waals surface area contributed by atoms with Crippen molar-refractivity contribution in [1.82, 2.24) is 14.9 Å². The molecule has 1 aromatic rings. The Morgan fingerprint density at radius 1 is 1.33 bits per heavy atom. The molecule has 0 radical (unpaired) electrons. The van der Waals surface area contributed by atoms with Crippen molar-refractivity contribution in [2.45, 2.75) is 51.9 Å². The lowest BCUT2D eigenvalue weighted by atomic mass is 10.2. The van der Waals surface area contributed by atoms with Crippen molar-refractivity contribution < 1.29 is 17.9 Å². The molecule has 1 aromatic heterocycles. The molecule has 1 N–H and O–H groups in total. The van der Waals surface area contributed by atoms with Crippen LogP contribution in [0.4, 0.5) is 13.2 Å². The summed E-state index contributed by atoms with van der Waals surface area (Å²) < 4.78 is 43.2. The number of nitrogens with zero attached hydrogens (tertiary/aromatic N) is 2. The number of hydrogen-bond donors (Lipinski definition) is 1. The van der Waals surface area contributed by atoms with E-state index >= 15 is 0 Å². The van der Waals surface area contributed by atoms with Crippen LogP contribution in [-0.4, -0.2) is 41.5 Å². The second-order valence-corrected chi connectivity index (χ2v) is 5.02. The Labute approximate surface area is 123 Å². The number of rotatable bonds is 10. The third-order valence-electron chi connectivity index (χ3n) is 2.96. The van der Waals surface area contributed by atoms with Gasteiger partial charge in [-0.2, -0.15) is 13.2 Å². The van der Waals surface area contributed by atoms with Crippen LogP contribution in [-0.2, 0) is 17.7 Å². The first-order valence-corrected chi connectivity index (χ1v) is 7.34. The molecule has 0 aliphatic rings. The van der Waals surface area contributed by atoms with Gasteiger partial charge in [-0.3, -0.25) is 0 Å². The molecule has 0 bridgehead atoms. The van der Waals surface area contributed by atoms with E-state index in [1.54, 1.807) is 6.20 Å². The van der Waals surface area contributed by atoms with Gasteiger partial charge in [-0.1, -0.05) is 13.8 Å². The van der Waals surface area contributed by atoms with Crippen LogP contribution >= 0.6 is 0 Å². The highest BCUT2D eigenvalue weighted by molar-refractivity contribution is 4.95. The molecule has 1 unspecified atom stereocenters. The van der Waals surface area contributed by atoms with Crippen molar-refractivity contribution in [3.63, 3.8) is 0 Å². The minimum atomic E-state index is -4.28. The second kappa shape index (κ2) is 9.04. The van der Waals surface area contributed by atoms with Crippen LogP contribution in [0.1, 0.15) is 32.5 Å². The van der Waals surface area contributed by atoms with E-state index in [4.69, 9.17) is 4.74 Å². The first-order chi connectivity index (χ1) is 9.96. The molecule has 0 aliphatic heterocycles. The van der Waals surface area contributed by atoms with Gasteiger partial charge in [-0.25, -0.2) is 4.98 Å². The SMILES string of the molecule is CCCNC(COCC(F)(F)F)Cc1nccn1CCC. The van der Waals surface area contributed by atoms with Gasteiger partial charge in [0.1, 0.15) is 12.4 Å². The molecular weight excluding hydrogens is 283 g/mol. The number of ether oxygens (including phenoxy) is 1. The quantitative estimate of drug-likeness (QED) is 0.722. The summed E-state index contributed by atoms with van der Waals surface area (Å²) in [5.41, 5.74) is 0. The average molecular weight is 307 g/mol. The summed E-state index contributed by atoms with van der Waals surface area (Å²) in [6.45, 7) is 4.51. The fourth-order valence-electron chi connectivity index (χ4n) is 2.05. The molecule has 122 valence electrons. The number of nitrogens with one attached hydrogen (secondary N) is 1. The van der Waals surface area contributed by atoms with Crippen molar-refractivity contribution in [2.24, 2.45) is 0 Å². The van der Waals surface area contributed by atoms with Crippen molar-refractivity contribution >= 4 is 0 Å².